The summed E-state index contributed by atoms with van der Waals surface area (Å²) in [6.07, 6.45) is 2.49. The van der Waals surface area contributed by atoms with Crippen molar-refractivity contribution in [2.75, 3.05) is 0 Å². The molecule has 0 aliphatic carbocycles. The third-order valence-corrected chi connectivity index (χ3v) is 2.34. The van der Waals surface area contributed by atoms with Crippen LogP contribution in [0.1, 0.15) is 17.1 Å². The monoisotopic (exact) mass is 266 g/mol. The lowest BCUT2D eigenvalue weighted by molar-refractivity contribution is 0.446. The number of aromatic hydroxyl groups is 1. The highest BCUT2D eigenvalue weighted by molar-refractivity contribution is 5.67. The van der Waals surface area contributed by atoms with Crippen molar-refractivity contribution in [3.8, 4) is 5.88 Å². The van der Waals surface area contributed by atoms with Crippen LogP contribution in [0.25, 0.3) is 12.2 Å². The van der Waals surface area contributed by atoms with Crippen LogP contribution in [0.15, 0.2) is 18.2 Å². The summed E-state index contributed by atoms with van der Waals surface area (Å²) in [6, 6.07) is 3.28. The van der Waals surface area contributed by atoms with E-state index in [0.717, 1.165) is 12.1 Å². The van der Waals surface area contributed by atoms with Gasteiger partial charge in [0.25, 0.3) is 0 Å². The molecule has 0 saturated heterocycles. The molecule has 1 aromatic carbocycles. The van der Waals surface area contributed by atoms with Gasteiger partial charge in [-0.3, -0.25) is 0 Å². The Balaban J connectivity index is 2.35. The summed E-state index contributed by atoms with van der Waals surface area (Å²) < 4.78 is 39.1. The normalized spacial score (nSPS) is 11.2. The molecule has 2 aromatic rings. The summed E-state index contributed by atoms with van der Waals surface area (Å²) >= 11 is 0. The third kappa shape index (κ3) is 2.90. The van der Waals surface area contributed by atoms with Crippen molar-refractivity contribution in [2.24, 2.45) is 0 Å². The first kappa shape index (κ1) is 13.1. The second-order valence-electron chi connectivity index (χ2n) is 3.82. The van der Waals surface area contributed by atoms with Crippen molar-refractivity contribution in [3.63, 3.8) is 0 Å². The predicted octanol–water partition coefficient (Wildman–Crippen LogP) is 3.08. The van der Waals surface area contributed by atoms with Gasteiger partial charge in [-0.1, -0.05) is 0 Å². The minimum atomic E-state index is -1.53. The highest BCUT2D eigenvalue weighted by Crippen LogP contribution is 2.17. The third-order valence-electron chi connectivity index (χ3n) is 2.34. The van der Waals surface area contributed by atoms with E-state index in [-0.39, 0.29) is 17.3 Å². The highest BCUT2D eigenvalue weighted by atomic mass is 19.2. The van der Waals surface area contributed by atoms with Crippen LogP contribution in [-0.2, 0) is 0 Å². The van der Waals surface area contributed by atoms with Crippen LogP contribution in [0.2, 0.25) is 0 Å². The highest BCUT2D eigenvalue weighted by Gasteiger charge is 2.11. The quantitative estimate of drug-likeness (QED) is 0.850. The van der Waals surface area contributed by atoms with Crippen molar-refractivity contribution < 1.29 is 18.3 Å². The number of hydrogen-bond acceptors (Lipinski definition) is 3. The SMILES string of the molecule is Cc1cc(O)nc(C=Cc2ccc(F)c(F)c2F)n1. The molecular weight excluding hydrogens is 257 g/mol. The van der Waals surface area contributed by atoms with Gasteiger partial charge in [-0.15, -0.1) is 0 Å². The van der Waals surface area contributed by atoms with Gasteiger partial charge >= 0.3 is 0 Å². The van der Waals surface area contributed by atoms with Crippen molar-refractivity contribution in [1.82, 2.24) is 9.97 Å². The van der Waals surface area contributed by atoms with Crippen molar-refractivity contribution in [2.45, 2.75) is 6.92 Å². The molecule has 0 atom stereocenters. The number of aryl methyl sites for hydroxylation is 1. The molecule has 6 heteroatoms. The summed E-state index contributed by atoms with van der Waals surface area (Å²) in [5.74, 6) is -4.15. The topological polar surface area (TPSA) is 46.0 Å². The van der Waals surface area contributed by atoms with E-state index in [1.54, 1.807) is 6.92 Å². The zero-order valence-electron chi connectivity index (χ0n) is 9.86. The fourth-order valence-corrected chi connectivity index (χ4v) is 1.48. The fraction of sp³-hybridized carbons (Fsp3) is 0.0769. The standard InChI is InChI=1S/C13H9F3N2O/c1-7-6-11(19)18-10(17-7)5-3-8-2-4-9(14)13(16)12(8)15/h2-6H,1H3,(H,17,18,19). The lowest BCUT2D eigenvalue weighted by Gasteiger charge is -2.00. The maximum atomic E-state index is 13.4. The number of benzene rings is 1. The Hall–Kier alpha value is -2.37. The molecule has 0 spiro atoms. The number of nitrogens with zero attached hydrogens (tertiary/aromatic N) is 2. The minimum Gasteiger partial charge on any atom is -0.493 e. The molecule has 0 saturated carbocycles. The zero-order chi connectivity index (χ0) is 14.0. The fourth-order valence-electron chi connectivity index (χ4n) is 1.48. The average Bonchev–Trinajstić information content (AvgIpc) is 2.34. The van der Waals surface area contributed by atoms with Crippen molar-refractivity contribution >= 4 is 12.2 Å². The van der Waals surface area contributed by atoms with Gasteiger partial charge in [0.1, 0.15) is 0 Å². The molecular formula is C13H9F3N2O. The first-order valence-corrected chi connectivity index (χ1v) is 5.33. The van der Waals surface area contributed by atoms with Gasteiger partial charge in [0.2, 0.25) is 5.88 Å². The summed E-state index contributed by atoms with van der Waals surface area (Å²) in [7, 11) is 0. The van der Waals surface area contributed by atoms with E-state index in [9.17, 15) is 18.3 Å². The molecule has 0 radical (unpaired) electrons. The molecule has 19 heavy (non-hydrogen) atoms. The number of rotatable bonds is 2. The Morgan fingerprint density at radius 3 is 2.47 bits per heavy atom. The van der Waals surface area contributed by atoms with Crippen LogP contribution in [0, 0.1) is 24.4 Å². The van der Waals surface area contributed by atoms with Gasteiger partial charge in [-0.2, -0.15) is 4.98 Å². The van der Waals surface area contributed by atoms with Gasteiger partial charge in [-0.25, -0.2) is 18.2 Å². The summed E-state index contributed by atoms with van der Waals surface area (Å²) in [5.41, 5.74) is 0.390. The first-order valence-electron chi connectivity index (χ1n) is 5.33. The van der Waals surface area contributed by atoms with E-state index in [2.05, 4.69) is 9.97 Å². The molecule has 0 amide bonds. The second-order valence-corrected chi connectivity index (χ2v) is 3.82. The van der Waals surface area contributed by atoms with E-state index in [0.29, 0.717) is 5.69 Å². The molecule has 0 unspecified atom stereocenters. The van der Waals surface area contributed by atoms with Crippen LogP contribution in [-0.4, -0.2) is 15.1 Å². The maximum absolute atomic E-state index is 13.4. The molecule has 0 bridgehead atoms. The van der Waals surface area contributed by atoms with Crippen LogP contribution in [0.4, 0.5) is 13.2 Å². The molecule has 98 valence electrons. The molecule has 2 rings (SSSR count). The summed E-state index contributed by atoms with van der Waals surface area (Å²) in [4.78, 5) is 7.66. The minimum absolute atomic E-state index is 0.136. The Morgan fingerprint density at radius 1 is 1.05 bits per heavy atom. The Morgan fingerprint density at radius 2 is 1.79 bits per heavy atom. The number of halogens is 3. The number of hydrogen-bond donors (Lipinski definition) is 1. The zero-order valence-corrected chi connectivity index (χ0v) is 9.86. The number of aromatic nitrogens is 2. The molecule has 3 nitrogen and oxygen atoms in total. The van der Waals surface area contributed by atoms with E-state index < -0.39 is 17.5 Å². The second kappa shape index (κ2) is 5.09. The van der Waals surface area contributed by atoms with Gasteiger partial charge in [-0.05, 0) is 31.2 Å². The van der Waals surface area contributed by atoms with Gasteiger partial charge < -0.3 is 5.11 Å². The average molecular weight is 266 g/mol. The molecule has 1 N–H and O–H groups in total. The molecule has 1 aromatic heterocycles. The van der Waals surface area contributed by atoms with Gasteiger partial charge in [0.15, 0.2) is 23.3 Å². The Bertz CT molecular complexity index is 636. The van der Waals surface area contributed by atoms with Crippen LogP contribution in [0.3, 0.4) is 0 Å². The molecule has 1 heterocycles. The lowest BCUT2D eigenvalue weighted by Crippen LogP contribution is -1.94. The first-order chi connectivity index (χ1) is 8.97. The summed E-state index contributed by atoms with van der Waals surface area (Å²) in [6.45, 7) is 1.65. The summed E-state index contributed by atoms with van der Waals surface area (Å²) in [5, 5.41) is 9.26. The van der Waals surface area contributed by atoms with E-state index in [1.807, 2.05) is 0 Å². The van der Waals surface area contributed by atoms with E-state index in [4.69, 9.17) is 0 Å². The van der Waals surface area contributed by atoms with Crippen LogP contribution in [0.5, 0.6) is 5.88 Å². The van der Waals surface area contributed by atoms with Gasteiger partial charge in [0.05, 0.1) is 0 Å². The van der Waals surface area contributed by atoms with E-state index in [1.165, 1.54) is 18.2 Å². The Labute approximate surface area is 107 Å². The predicted molar refractivity (Wildman–Crippen MR) is 63.7 cm³/mol. The van der Waals surface area contributed by atoms with Gasteiger partial charge in [0, 0.05) is 17.3 Å². The molecule has 0 aliphatic heterocycles. The Kier molecular flexibility index (Phi) is 3.50. The molecule has 0 aliphatic rings. The van der Waals surface area contributed by atoms with E-state index >= 15 is 0 Å². The molecule has 0 fully saturated rings. The van der Waals surface area contributed by atoms with Crippen LogP contribution >= 0.6 is 0 Å². The van der Waals surface area contributed by atoms with Crippen LogP contribution < -0.4 is 0 Å². The smallest absolute Gasteiger partial charge is 0.214 e. The van der Waals surface area contributed by atoms with Crippen molar-refractivity contribution in [1.29, 1.82) is 0 Å². The van der Waals surface area contributed by atoms with Crippen molar-refractivity contribution in [3.05, 3.63) is 52.7 Å². The maximum Gasteiger partial charge on any atom is 0.214 e. The largest absolute Gasteiger partial charge is 0.493 e. The lowest BCUT2D eigenvalue weighted by atomic mass is 10.2.